The fourth-order valence-corrected chi connectivity index (χ4v) is 2.37. The summed E-state index contributed by atoms with van der Waals surface area (Å²) in [6, 6.07) is 1.36. The third kappa shape index (κ3) is 1.66. The van der Waals surface area contributed by atoms with Crippen LogP contribution in [0.25, 0.3) is 5.65 Å². The number of carbonyl (C=O) groups is 1. The number of fused-ring (bicyclic) bond motifs is 1. The lowest BCUT2D eigenvalue weighted by Gasteiger charge is -2.04. The van der Waals surface area contributed by atoms with Crippen molar-refractivity contribution in [1.29, 1.82) is 0 Å². The molecule has 0 bridgehead atoms. The molecule has 3 rings (SSSR count). The van der Waals surface area contributed by atoms with E-state index in [2.05, 4.69) is 9.72 Å². The summed E-state index contributed by atoms with van der Waals surface area (Å²) in [6.45, 7) is 0. The molecule has 1 fully saturated rings. The Balaban J connectivity index is 2.22. The van der Waals surface area contributed by atoms with Crippen LogP contribution >= 0.6 is 11.6 Å². The summed E-state index contributed by atoms with van der Waals surface area (Å²) < 4.78 is 20.0. The van der Waals surface area contributed by atoms with E-state index >= 15 is 0 Å². The molecule has 0 aromatic carbocycles. The number of hydrogen-bond acceptors (Lipinski definition) is 3. The quantitative estimate of drug-likeness (QED) is 0.787. The molecule has 4 nitrogen and oxygen atoms in total. The number of imidazole rings is 1. The lowest BCUT2D eigenvalue weighted by Crippen LogP contribution is -2.06. The van der Waals surface area contributed by atoms with Crippen LogP contribution in [-0.4, -0.2) is 22.5 Å². The van der Waals surface area contributed by atoms with Gasteiger partial charge in [-0.1, -0.05) is 11.6 Å². The molecule has 2 aromatic rings. The van der Waals surface area contributed by atoms with Gasteiger partial charge in [0.25, 0.3) is 0 Å². The van der Waals surface area contributed by atoms with Crippen molar-refractivity contribution in [3.63, 3.8) is 0 Å². The second kappa shape index (κ2) is 3.95. The van der Waals surface area contributed by atoms with Crippen molar-refractivity contribution >= 4 is 23.2 Å². The van der Waals surface area contributed by atoms with Crippen LogP contribution in [0.5, 0.6) is 0 Å². The zero-order valence-corrected chi connectivity index (χ0v) is 10.4. The molecule has 2 heterocycles. The Morgan fingerprint density at radius 3 is 2.94 bits per heavy atom. The van der Waals surface area contributed by atoms with Crippen LogP contribution in [0, 0.1) is 5.82 Å². The van der Waals surface area contributed by atoms with Crippen LogP contribution < -0.4 is 0 Å². The molecule has 0 saturated heterocycles. The zero-order valence-electron chi connectivity index (χ0n) is 9.61. The molecule has 6 heteroatoms. The van der Waals surface area contributed by atoms with E-state index in [1.165, 1.54) is 19.4 Å². The lowest BCUT2D eigenvalue weighted by molar-refractivity contribution is 0.0595. The van der Waals surface area contributed by atoms with Gasteiger partial charge in [0, 0.05) is 12.1 Å². The first kappa shape index (κ1) is 11.5. The van der Waals surface area contributed by atoms with Gasteiger partial charge >= 0.3 is 5.97 Å². The summed E-state index contributed by atoms with van der Waals surface area (Å²) >= 11 is 6.05. The van der Waals surface area contributed by atoms with Crippen LogP contribution in [0.15, 0.2) is 12.3 Å². The summed E-state index contributed by atoms with van der Waals surface area (Å²) in [5.41, 5.74) is 1.15. The number of hydrogen-bond donors (Lipinski definition) is 0. The van der Waals surface area contributed by atoms with Gasteiger partial charge in [0.1, 0.15) is 11.2 Å². The molecule has 94 valence electrons. The van der Waals surface area contributed by atoms with E-state index in [0.717, 1.165) is 18.5 Å². The molecule has 0 atom stereocenters. The van der Waals surface area contributed by atoms with E-state index in [-0.39, 0.29) is 5.56 Å². The molecular weight excluding hydrogens is 259 g/mol. The summed E-state index contributed by atoms with van der Waals surface area (Å²) in [7, 11) is 1.21. The first-order chi connectivity index (χ1) is 8.61. The summed E-state index contributed by atoms with van der Waals surface area (Å²) in [5.74, 6) is -1.01. The van der Waals surface area contributed by atoms with Gasteiger partial charge in [0.15, 0.2) is 11.0 Å². The van der Waals surface area contributed by atoms with Crippen molar-refractivity contribution in [1.82, 2.24) is 9.38 Å². The maximum absolute atomic E-state index is 13.8. The number of nitrogens with zero attached hydrogens (tertiary/aromatic N) is 2. The van der Waals surface area contributed by atoms with Crippen molar-refractivity contribution in [3.8, 4) is 0 Å². The van der Waals surface area contributed by atoms with Gasteiger partial charge < -0.3 is 4.74 Å². The largest absolute Gasteiger partial charge is 0.465 e. The minimum atomic E-state index is -0.720. The third-order valence-corrected chi connectivity index (χ3v) is 3.35. The predicted octanol–water partition coefficient (Wildman–Crippen LogP) is 2.79. The first-order valence-corrected chi connectivity index (χ1v) is 5.95. The summed E-state index contributed by atoms with van der Waals surface area (Å²) in [4.78, 5) is 15.5. The highest BCUT2D eigenvalue weighted by molar-refractivity contribution is 6.30. The molecule has 0 spiro atoms. The normalized spacial score (nSPS) is 15.1. The SMILES string of the molecule is COC(=O)c1cc2nc(Cl)c(C3CC3)n2cc1F. The predicted molar refractivity (Wildman–Crippen MR) is 63.5 cm³/mol. The minimum absolute atomic E-state index is 0.131. The topological polar surface area (TPSA) is 43.6 Å². The molecule has 2 aromatic heterocycles. The number of aromatic nitrogens is 2. The smallest absolute Gasteiger partial charge is 0.341 e. The maximum atomic E-state index is 13.8. The number of methoxy groups -OCH3 is 1. The number of ether oxygens (including phenoxy) is 1. The van der Waals surface area contributed by atoms with E-state index < -0.39 is 11.8 Å². The summed E-state index contributed by atoms with van der Waals surface area (Å²) in [5, 5.41) is 0.374. The van der Waals surface area contributed by atoms with Gasteiger partial charge in [-0.05, 0) is 18.9 Å². The minimum Gasteiger partial charge on any atom is -0.465 e. The second-order valence-corrected chi connectivity index (χ2v) is 4.67. The van der Waals surface area contributed by atoms with Crippen molar-refractivity contribution in [2.75, 3.05) is 7.11 Å². The average molecular weight is 269 g/mol. The zero-order chi connectivity index (χ0) is 12.9. The molecule has 1 aliphatic rings. The van der Waals surface area contributed by atoms with Gasteiger partial charge in [0.05, 0.1) is 12.8 Å². The molecule has 0 radical (unpaired) electrons. The standard InChI is InChI=1S/C12H10ClFN2O2/c1-18-12(17)7-4-9-15-11(13)10(6-2-3-6)16(9)5-8(7)14/h4-6H,2-3H2,1H3. The van der Waals surface area contributed by atoms with Gasteiger partial charge in [0.2, 0.25) is 0 Å². The maximum Gasteiger partial charge on any atom is 0.341 e. The number of carbonyl (C=O) groups excluding carboxylic acids is 1. The van der Waals surface area contributed by atoms with Crippen LogP contribution in [0.1, 0.15) is 34.8 Å². The number of pyridine rings is 1. The van der Waals surface area contributed by atoms with E-state index in [1.807, 2.05) is 0 Å². The molecule has 0 N–H and O–H groups in total. The van der Waals surface area contributed by atoms with E-state index in [9.17, 15) is 9.18 Å². The van der Waals surface area contributed by atoms with Gasteiger partial charge in [-0.2, -0.15) is 0 Å². The number of halogens is 2. The average Bonchev–Trinajstić information content (AvgIpc) is 3.11. The molecule has 1 saturated carbocycles. The first-order valence-electron chi connectivity index (χ1n) is 5.57. The van der Waals surface area contributed by atoms with Gasteiger partial charge in [-0.25, -0.2) is 14.2 Å². The number of rotatable bonds is 2. The monoisotopic (exact) mass is 268 g/mol. The Morgan fingerprint density at radius 2 is 2.33 bits per heavy atom. The Labute approximate surface area is 107 Å². The fraction of sp³-hybridized carbons (Fsp3) is 0.333. The molecule has 1 aliphatic carbocycles. The Bertz CT molecular complexity index is 649. The van der Waals surface area contributed by atoms with E-state index in [1.54, 1.807) is 4.40 Å². The highest BCUT2D eigenvalue weighted by Gasteiger charge is 2.30. The van der Waals surface area contributed by atoms with E-state index in [4.69, 9.17) is 11.6 Å². The molecule has 0 amide bonds. The number of esters is 1. The highest BCUT2D eigenvalue weighted by atomic mass is 35.5. The Kier molecular flexibility index (Phi) is 2.52. The summed E-state index contributed by atoms with van der Waals surface area (Å²) in [6.07, 6.45) is 3.32. The van der Waals surface area contributed by atoms with Crippen LogP contribution in [0.2, 0.25) is 5.15 Å². The molecular formula is C12H10ClFN2O2. The van der Waals surface area contributed by atoms with E-state index in [0.29, 0.717) is 16.7 Å². The molecule has 18 heavy (non-hydrogen) atoms. The van der Waals surface area contributed by atoms with Crippen molar-refractivity contribution in [3.05, 3.63) is 34.5 Å². The Hall–Kier alpha value is -1.62. The van der Waals surface area contributed by atoms with Crippen molar-refractivity contribution in [2.24, 2.45) is 0 Å². The van der Waals surface area contributed by atoms with Crippen molar-refractivity contribution < 1.29 is 13.9 Å². The van der Waals surface area contributed by atoms with Crippen LogP contribution in [-0.2, 0) is 4.74 Å². The van der Waals surface area contributed by atoms with Crippen molar-refractivity contribution in [2.45, 2.75) is 18.8 Å². The fourth-order valence-electron chi connectivity index (χ4n) is 2.04. The van der Waals surface area contributed by atoms with Crippen LogP contribution in [0.3, 0.4) is 0 Å². The highest BCUT2D eigenvalue weighted by Crippen LogP contribution is 2.43. The Morgan fingerprint density at radius 1 is 1.61 bits per heavy atom. The van der Waals surface area contributed by atoms with Crippen LogP contribution in [0.4, 0.5) is 4.39 Å². The van der Waals surface area contributed by atoms with Gasteiger partial charge in [-0.15, -0.1) is 0 Å². The molecule has 0 unspecified atom stereocenters. The molecule has 0 aliphatic heterocycles. The second-order valence-electron chi connectivity index (χ2n) is 4.32. The lowest BCUT2D eigenvalue weighted by atomic mass is 10.2. The third-order valence-electron chi connectivity index (χ3n) is 3.07. The van der Waals surface area contributed by atoms with Gasteiger partial charge in [-0.3, -0.25) is 4.40 Å².